The number of rotatable bonds is 7. The van der Waals surface area contributed by atoms with E-state index in [1.807, 2.05) is 18.2 Å². The Hall–Kier alpha value is -2.72. The predicted molar refractivity (Wildman–Crippen MR) is 107 cm³/mol. The predicted octanol–water partition coefficient (Wildman–Crippen LogP) is 3.64. The fourth-order valence-electron chi connectivity index (χ4n) is 2.48. The highest BCUT2D eigenvalue weighted by atomic mass is 32.2. The van der Waals surface area contributed by atoms with Crippen molar-refractivity contribution in [2.75, 3.05) is 29.6 Å². The second-order valence-corrected chi connectivity index (χ2v) is 8.05. The fraction of sp³-hybridized carbons (Fsp3) is 0.278. The van der Waals surface area contributed by atoms with Crippen LogP contribution in [-0.4, -0.2) is 35.1 Å². The van der Waals surface area contributed by atoms with Crippen molar-refractivity contribution in [1.82, 2.24) is 10.2 Å². The maximum absolute atomic E-state index is 12.2. The molecule has 28 heavy (non-hydrogen) atoms. The van der Waals surface area contributed by atoms with Gasteiger partial charge in [0.05, 0.1) is 31.8 Å². The number of hydrogen-bond acceptors (Lipinski definition) is 9. The second-order valence-electron chi connectivity index (χ2n) is 5.85. The molecule has 3 heterocycles. The van der Waals surface area contributed by atoms with Gasteiger partial charge in [-0.1, -0.05) is 23.1 Å². The smallest absolute Gasteiger partial charge is 0.234 e. The van der Waals surface area contributed by atoms with Crippen molar-refractivity contribution in [1.29, 1.82) is 0 Å². The van der Waals surface area contributed by atoms with Crippen LogP contribution in [0, 0.1) is 0 Å². The van der Waals surface area contributed by atoms with Crippen LogP contribution in [0.3, 0.4) is 0 Å². The lowest BCUT2D eigenvalue weighted by molar-refractivity contribution is -0.113. The van der Waals surface area contributed by atoms with E-state index < -0.39 is 0 Å². The van der Waals surface area contributed by atoms with E-state index in [4.69, 9.17) is 13.9 Å². The van der Waals surface area contributed by atoms with Crippen molar-refractivity contribution < 1.29 is 18.7 Å². The Balaban J connectivity index is 1.26. The van der Waals surface area contributed by atoms with E-state index in [0.29, 0.717) is 42.1 Å². The van der Waals surface area contributed by atoms with Gasteiger partial charge in [0.1, 0.15) is 5.76 Å². The van der Waals surface area contributed by atoms with Gasteiger partial charge in [0.25, 0.3) is 0 Å². The van der Waals surface area contributed by atoms with E-state index >= 15 is 0 Å². The fourth-order valence-corrected chi connectivity index (χ4v) is 4.03. The van der Waals surface area contributed by atoms with E-state index in [-0.39, 0.29) is 11.7 Å². The van der Waals surface area contributed by atoms with Crippen molar-refractivity contribution in [3.8, 4) is 11.5 Å². The normalized spacial score (nSPS) is 13.0. The van der Waals surface area contributed by atoms with Gasteiger partial charge in [-0.2, -0.15) is 0 Å². The summed E-state index contributed by atoms with van der Waals surface area (Å²) >= 11 is 2.73. The standard InChI is InChI=1S/C18H18N4O4S2/c23-16(20-12-4-5-14-15(9-12)26-8-2-7-25-14)11-27-18-22-21-17(28-18)19-10-13-3-1-6-24-13/h1,3-6,9H,2,7-8,10-11H2,(H,19,21)(H,20,23). The first kappa shape index (κ1) is 18.6. The molecule has 146 valence electrons. The zero-order chi connectivity index (χ0) is 19.2. The van der Waals surface area contributed by atoms with Crippen LogP contribution in [0.25, 0.3) is 0 Å². The molecule has 2 aromatic heterocycles. The summed E-state index contributed by atoms with van der Waals surface area (Å²) in [7, 11) is 0. The largest absolute Gasteiger partial charge is 0.490 e. The highest BCUT2D eigenvalue weighted by Crippen LogP contribution is 2.32. The van der Waals surface area contributed by atoms with Gasteiger partial charge in [-0.15, -0.1) is 10.2 Å². The Morgan fingerprint density at radius 2 is 2.07 bits per heavy atom. The highest BCUT2D eigenvalue weighted by molar-refractivity contribution is 8.01. The number of fused-ring (bicyclic) bond motifs is 1. The minimum absolute atomic E-state index is 0.125. The van der Waals surface area contributed by atoms with Crippen LogP contribution in [-0.2, 0) is 11.3 Å². The van der Waals surface area contributed by atoms with Crippen LogP contribution >= 0.6 is 23.1 Å². The summed E-state index contributed by atoms with van der Waals surface area (Å²) in [6, 6.07) is 9.11. The number of carbonyl (C=O) groups excluding carboxylic acids is 1. The monoisotopic (exact) mass is 418 g/mol. The van der Waals surface area contributed by atoms with E-state index in [0.717, 1.165) is 16.5 Å². The number of carbonyl (C=O) groups is 1. The number of amides is 1. The van der Waals surface area contributed by atoms with Crippen LogP contribution in [0.5, 0.6) is 11.5 Å². The maximum atomic E-state index is 12.2. The van der Waals surface area contributed by atoms with Gasteiger partial charge in [0, 0.05) is 18.2 Å². The van der Waals surface area contributed by atoms with Gasteiger partial charge >= 0.3 is 0 Å². The number of ether oxygens (including phenoxy) is 2. The van der Waals surface area contributed by atoms with E-state index in [1.54, 1.807) is 18.4 Å². The van der Waals surface area contributed by atoms with Crippen LogP contribution in [0.4, 0.5) is 10.8 Å². The quantitative estimate of drug-likeness (QED) is 0.561. The van der Waals surface area contributed by atoms with Crippen LogP contribution < -0.4 is 20.1 Å². The number of nitrogens with zero attached hydrogens (tertiary/aromatic N) is 2. The molecule has 1 amide bonds. The molecule has 1 aliphatic rings. The zero-order valence-electron chi connectivity index (χ0n) is 14.8. The molecule has 4 rings (SSSR count). The molecule has 0 radical (unpaired) electrons. The summed E-state index contributed by atoms with van der Waals surface area (Å²) in [5, 5.41) is 14.8. The molecule has 0 saturated heterocycles. The highest BCUT2D eigenvalue weighted by Gasteiger charge is 2.13. The molecule has 0 atom stereocenters. The molecule has 10 heteroatoms. The van der Waals surface area contributed by atoms with E-state index in [1.165, 1.54) is 23.1 Å². The first-order chi connectivity index (χ1) is 13.8. The number of nitrogens with one attached hydrogen (secondary N) is 2. The van der Waals surface area contributed by atoms with Crippen molar-refractivity contribution >= 4 is 39.8 Å². The van der Waals surface area contributed by atoms with Gasteiger partial charge in [-0.25, -0.2) is 0 Å². The van der Waals surface area contributed by atoms with Gasteiger partial charge in [0.15, 0.2) is 15.8 Å². The molecule has 0 fully saturated rings. The van der Waals surface area contributed by atoms with Crippen LogP contribution in [0.2, 0.25) is 0 Å². The summed E-state index contributed by atoms with van der Waals surface area (Å²) < 4.78 is 17.2. The third-order valence-electron chi connectivity index (χ3n) is 3.76. The summed E-state index contributed by atoms with van der Waals surface area (Å²) in [5.41, 5.74) is 0.674. The molecule has 0 saturated carbocycles. The second kappa shape index (κ2) is 8.98. The topological polar surface area (TPSA) is 98.5 Å². The Morgan fingerprint density at radius 1 is 1.18 bits per heavy atom. The Bertz CT molecular complexity index is 930. The summed E-state index contributed by atoms with van der Waals surface area (Å²) in [6.07, 6.45) is 2.47. The van der Waals surface area contributed by atoms with Crippen molar-refractivity contribution in [2.24, 2.45) is 0 Å². The van der Waals surface area contributed by atoms with Gasteiger partial charge < -0.3 is 24.5 Å². The lowest BCUT2D eigenvalue weighted by Gasteiger charge is -2.10. The number of furan rings is 1. The molecular weight excluding hydrogens is 400 g/mol. The van der Waals surface area contributed by atoms with Crippen molar-refractivity contribution in [2.45, 2.75) is 17.3 Å². The van der Waals surface area contributed by atoms with Crippen molar-refractivity contribution in [3.05, 3.63) is 42.4 Å². The minimum atomic E-state index is -0.125. The number of aromatic nitrogens is 2. The lowest BCUT2D eigenvalue weighted by Crippen LogP contribution is -2.14. The first-order valence-corrected chi connectivity index (χ1v) is 10.5. The lowest BCUT2D eigenvalue weighted by atomic mass is 10.2. The average molecular weight is 419 g/mol. The number of thioether (sulfide) groups is 1. The Labute approximate surface area is 169 Å². The van der Waals surface area contributed by atoms with Crippen molar-refractivity contribution in [3.63, 3.8) is 0 Å². The first-order valence-electron chi connectivity index (χ1n) is 8.68. The molecule has 0 aliphatic carbocycles. The molecule has 1 aliphatic heterocycles. The number of anilines is 2. The SMILES string of the molecule is O=C(CSc1nnc(NCc2ccco2)s1)Nc1ccc2c(c1)OCCCO2. The molecular formula is C18H18N4O4S2. The zero-order valence-corrected chi connectivity index (χ0v) is 16.5. The average Bonchev–Trinajstić information content (AvgIpc) is 3.32. The molecule has 2 N–H and O–H groups in total. The number of benzene rings is 1. The Morgan fingerprint density at radius 3 is 2.93 bits per heavy atom. The molecule has 0 bridgehead atoms. The van der Waals surface area contributed by atoms with E-state index in [9.17, 15) is 4.79 Å². The van der Waals surface area contributed by atoms with Crippen LogP contribution in [0.15, 0.2) is 45.4 Å². The molecule has 8 nitrogen and oxygen atoms in total. The summed E-state index contributed by atoms with van der Waals surface area (Å²) in [4.78, 5) is 12.2. The summed E-state index contributed by atoms with van der Waals surface area (Å²) in [6.45, 7) is 1.78. The maximum Gasteiger partial charge on any atom is 0.234 e. The molecule has 0 spiro atoms. The number of hydrogen-bond donors (Lipinski definition) is 2. The third-order valence-corrected chi connectivity index (χ3v) is 5.77. The molecule has 1 aromatic carbocycles. The van der Waals surface area contributed by atoms with Gasteiger partial charge in [-0.3, -0.25) is 4.79 Å². The Kier molecular flexibility index (Phi) is 5.98. The van der Waals surface area contributed by atoms with Crippen LogP contribution in [0.1, 0.15) is 12.2 Å². The van der Waals surface area contributed by atoms with E-state index in [2.05, 4.69) is 20.8 Å². The summed E-state index contributed by atoms with van der Waals surface area (Å²) in [5.74, 6) is 2.28. The molecule has 3 aromatic rings. The minimum Gasteiger partial charge on any atom is -0.490 e. The molecule has 0 unspecified atom stereocenters. The van der Waals surface area contributed by atoms with Gasteiger partial charge in [0.2, 0.25) is 11.0 Å². The van der Waals surface area contributed by atoms with Gasteiger partial charge in [-0.05, 0) is 24.3 Å². The third kappa shape index (κ3) is 4.96.